The van der Waals surface area contributed by atoms with Crippen molar-refractivity contribution in [3.05, 3.63) is 59.7 Å². The Hall–Kier alpha value is -4.76. The largest absolute Gasteiger partial charge is 0.471 e. The first kappa shape index (κ1) is 31.5. The molecule has 0 radical (unpaired) electrons. The predicted molar refractivity (Wildman–Crippen MR) is 132 cm³/mol. The maximum Gasteiger partial charge on any atom is 0.471 e. The molecule has 214 valence electrons. The number of alkyl halides is 6. The molecule has 2 rings (SSSR count). The molecular formula is C24H22F6N6O4. The summed E-state index contributed by atoms with van der Waals surface area (Å²) in [5, 5.41) is 11.1. The molecule has 0 fully saturated rings. The van der Waals surface area contributed by atoms with Crippen molar-refractivity contribution < 1.29 is 45.5 Å². The molecule has 2 aromatic rings. The molecule has 2 aromatic carbocycles. The number of anilines is 2. The highest BCUT2D eigenvalue weighted by molar-refractivity contribution is 6.01. The summed E-state index contributed by atoms with van der Waals surface area (Å²) in [5.74, 6) is -5.45. The summed E-state index contributed by atoms with van der Waals surface area (Å²) in [6.07, 6.45) is -10.6. The normalized spacial score (nSPS) is 12.4. The molecule has 0 aliphatic carbocycles. The second-order valence-electron chi connectivity index (χ2n) is 8.02. The number of hydrogen-bond donors (Lipinski definition) is 4. The van der Waals surface area contributed by atoms with E-state index in [1.807, 2.05) is 0 Å². The minimum Gasteiger partial charge on any atom is -0.318 e. The Morgan fingerprint density at radius 2 is 0.900 bits per heavy atom. The van der Waals surface area contributed by atoms with E-state index in [1.165, 1.54) is 62.4 Å². The van der Waals surface area contributed by atoms with E-state index in [-0.39, 0.29) is 24.2 Å². The third-order valence-corrected chi connectivity index (χ3v) is 4.91. The number of hydrazone groups is 2. The van der Waals surface area contributed by atoms with Gasteiger partial charge in [-0.15, -0.1) is 0 Å². The Balaban J connectivity index is 1.81. The fraction of sp³-hybridized carbons (Fsp3) is 0.250. The second-order valence-corrected chi connectivity index (χ2v) is 8.02. The van der Waals surface area contributed by atoms with E-state index in [0.717, 1.165) is 0 Å². The van der Waals surface area contributed by atoms with Gasteiger partial charge in [-0.05, 0) is 49.2 Å². The molecule has 0 unspecified atom stereocenters. The molecule has 4 amide bonds. The number of carbonyl (C=O) groups is 4. The third kappa shape index (κ3) is 10.2. The highest BCUT2D eigenvalue weighted by atomic mass is 19.4. The summed E-state index contributed by atoms with van der Waals surface area (Å²) in [6.45, 7) is 3.04. The molecule has 0 aliphatic heterocycles. The SMILES string of the molecule is CC(=NNC(=O)CCC(=O)NN=C(C)c1ccc(NC(=O)C(F)(F)F)cc1)c1ccc(NC(=O)C(F)(F)F)cc1. The number of rotatable bonds is 9. The van der Waals surface area contributed by atoms with Gasteiger partial charge >= 0.3 is 24.2 Å². The van der Waals surface area contributed by atoms with Gasteiger partial charge in [-0.25, -0.2) is 10.9 Å². The first-order chi connectivity index (χ1) is 18.6. The number of carbonyl (C=O) groups excluding carboxylic acids is 4. The van der Waals surface area contributed by atoms with Crippen molar-refractivity contribution in [2.75, 3.05) is 10.6 Å². The van der Waals surface area contributed by atoms with Crippen LogP contribution in [0.1, 0.15) is 37.8 Å². The van der Waals surface area contributed by atoms with Crippen LogP contribution < -0.4 is 21.5 Å². The van der Waals surface area contributed by atoms with E-state index in [9.17, 15) is 45.5 Å². The van der Waals surface area contributed by atoms with Crippen molar-refractivity contribution in [1.29, 1.82) is 0 Å². The van der Waals surface area contributed by atoms with E-state index in [2.05, 4.69) is 21.1 Å². The quantitative estimate of drug-likeness (QED) is 0.206. The fourth-order valence-electron chi connectivity index (χ4n) is 2.75. The molecule has 0 bridgehead atoms. The molecule has 4 N–H and O–H groups in total. The average molecular weight is 572 g/mol. The highest BCUT2D eigenvalue weighted by Gasteiger charge is 2.39. The van der Waals surface area contributed by atoms with Crippen LogP contribution in [0.4, 0.5) is 37.7 Å². The van der Waals surface area contributed by atoms with E-state index in [4.69, 9.17) is 0 Å². The highest BCUT2D eigenvalue weighted by Crippen LogP contribution is 2.20. The number of nitrogens with one attached hydrogen (secondary N) is 4. The number of nitrogens with zero attached hydrogens (tertiary/aromatic N) is 2. The van der Waals surface area contributed by atoms with Crippen LogP contribution in [0.25, 0.3) is 0 Å². The van der Waals surface area contributed by atoms with Crippen molar-refractivity contribution in [2.45, 2.75) is 39.0 Å². The summed E-state index contributed by atoms with van der Waals surface area (Å²) in [6, 6.07) is 10.5. The number of hydrogen-bond acceptors (Lipinski definition) is 6. The molecule has 0 atom stereocenters. The molecule has 10 nitrogen and oxygen atoms in total. The van der Waals surface area contributed by atoms with Gasteiger partial charge in [-0.1, -0.05) is 24.3 Å². The Morgan fingerprint density at radius 1 is 0.600 bits per heavy atom. The van der Waals surface area contributed by atoms with Gasteiger partial charge in [0.15, 0.2) is 0 Å². The Morgan fingerprint density at radius 3 is 1.18 bits per heavy atom. The maximum atomic E-state index is 12.3. The molecular weight excluding hydrogens is 550 g/mol. The van der Waals surface area contributed by atoms with Gasteiger partial charge in [-0.2, -0.15) is 36.5 Å². The summed E-state index contributed by atoms with van der Waals surface area (Å²) >= 11 is 0. The van der Waals surface area contributed by atoms with Gasteiger partial charge in [-0.3, -0.25) is 19.2 Å². The lowest BCUT2D eigenvalue weighted by atomic mass is 10.1. The predicted octanol–water partition coefficient (Wildman–Crippen LogP) is 3.85. The van der Waals surface area contributed by atoms with Gasteiger partial charge in [0.05, 0.1) is 11.4 Å². The summed E-state index contributed by atoms with van der Waals surface area (Å²) < 4.78 is 73.9. The number of benzene rings is 2. The van der Waals surface area contributed by atoms with Gasteiger partial charge < -0.3 is 10.6 Å². The van der Waals surface area contributed by atoms with Crippen LogP contribution in [-0.2, 0) is 19.2 Å². The summed E-state index contributed by atoms with van der Waals surface area (Å²) in [4.78, 5) is 45.9. The minimum absolute atomic E-state index is 0.0849. The van der Waals surface area contributed by atoms with Gasteiger partial charge in [0.1, 0.15) is 0 Å². The van der Waals surface area contributed by atoms with E-state index >= 15 is 0 Å². The lowest BCUT2D eigenvalue weighted by molar-refractivity contribution is -0.167. The molecule has 0 heterocycles. The maximum absolute atomic E-state index is 12.3. The van der Waals surface area contributed by atoms with Crippen molar-refractivity contribution >= 4 is 46.4 Å². The number of amides is 4. The summed E-state index contributed by atoms with van der Waals surface area (Å²) in [5.41, 5.74) is 5.80. The Kier molecular flexibility index (Phi) is 10.5. The van der Waals surface area contributed by atoms with Crippen LogP contribution in [0.15, 0.2) is 58.7 Å². The van der Waals surface area contributed by atoms with Gasteiger partial charge in [0.25, 0.3) is 0 Å². The van der Waals surface area contributed by atoms with Crippen LogP contribution in [0, 0.1) is 0 Å². The van der Waals surface area contributed by atoms with Crippen molar-refractivity contribution in [3.63, 3.8) is 0 Å². The van der Waals surface area contributed by atoms with Crippen LogP contribution in [0.5, 0.6) is 0 Å². The lowest BCUT2D eigenvalue weighted by Crippen LogP contribution is -2.29. The minimum atomic E-state index is -5.03. The molecule has 40 heavy (non-hydrogen) atoms. The zero-order valence-electron chi connectivity index (χ0n) is 20.8. The second kappa shape index (κ2) is 13.3. The fourth-order valence-corrected chi connectivity index (χ4v) is 2.75. The zero-order chi connectivity index (χ0) is 30.1. The van der Waals surface area contributed by atoms with Gasteiger partial charge in [0.2, 0.25) is 11.8 Å². The van der Waals surface area contributed by atoms with Gasteiger partial charge in [0, 0.05) is 24.2 Å². The van der Waals surface area contributed by atoms with Crippen LogP contribution in [0.3, 0.4) is 0 Å². The van der Waals surface area contributed by atoms with E-state index < -0.39 is 36.0 Å². The smallest absolute Gasteiger partial charge is 0.318 e. The monoisotopic (exact) mass is 572 g/mol. The van der Waals surface area contributed by atoms with Crippen molar-refractivity contribution in [1.82, 2.24) is 10.9 Å². The van der Waals surface area contributed by atoms with Crippen LogP contribution in [0.2, 0.25) is 0 Å². The number of halogens is 6. The standard InChI is InChI=1S/C24H22F6N6O4/c1-13(15-3-7-17(8-4-15)31-21(39)23(25,26)27)33-35-19(37)11-12-20(38)36-34-14(2)16-5-9-18(10-6-16)32-22(40)24(28,29)30/h3-10H,11-12H2,1-2H3,(H,31,39)(H,32,40)(H,35,37)(H,36,38). The van der Waals surface area contributed by atoms with Crippen LogP contribution in [-0.4, -0.2) is 47.4 Å². The Bertz CT molecular complexity index is 1200. The first-order valence-electron chi connectivity index (χ1n) is 11.2. The van der Waals surface area contributed by atoms with Crippen molar-refractivity contribution in [2.24, 2.45) is 10.2 Å². The topological polar surface area (TPSA) is 141 Å². The van der Waals surface area contributed by atoms with E-state index in [1.54, 1.807) is 10.6 Å². The van der Waals surface area contributed by atoms with E-state index in [0.29, 0.717) is 22.6 Å². The third-order valence-electron chi connectivity index (χ3n) is 4.91. The van der Waals surface area contributed by atoms with Crippen LogP contribution >= 0.6 is 0 Å². The summed E-state index contributed by atoms with van der Waals surface area (Å²) in [7, 11) is 0. The zero-order valence-corrected chi connectivity index (χ0v) is 20.8. The van der Waals surface area contributed by atoms with Crippen molar-refractivity contribution in [3.8, 4) is 0 Å². The molecule has 16 heteroatoms. The Labute approximate surface area is 222 Å². The molecule has 0 saturated carbocycles. The molecule has 0 aliphatic rings. The molecule has 0 spiro atoms. The average Bonchev–Trinajstić information content (AvgIpc) is 2.88. The molecule has 0 aromatic heterocycles. The lowest BCUT2D eigenvalue weighted by Gasteiger charge is -2.09. The molecule has 0 saturated heterocycles. The first-order valence-corrected chi connectivity index (χ1v) is 11.2.